The van der Waals surface area contributed by atoms with Crippen LogP contribution in [0.2, 0.25) is 0 Å². The summed E-state index contributed by atoms with van der Waals surface area (Å²) in [4.78, 5) is 0. The van der Waals surface area contributed by atoms with E-state index in [1.165, 1.54) is 25.7 Å². The summed E-state index contributed by atoms with van der Waals surface area (Å²) in [5, 5.41) is 20.4. The zero-order valence-corrected chi connectivity index (χ0v) is 20.6. The molecule has 186 valence electrons. The minimum atomic E-state index is -4.50. The van der Waals surface area contributed by atoms with E-state index < -0.39 is 17.4 Å². The fourth-order valence-electron chi connectivity index (χ4n) is 9.17. The Morgan fingerprint density at radius 3 is 2.28 bits per heavy atom. The maximum atomic E-state index is 13.5. The third kappa shape index (κ3) is 4.39. The van der Waals surface area contributed by atoms with E-state index in [0.29, 0.717) is 41.4 Å². The minimum Gasteiger partial charge on any atom is -0.390 e. The van der Waals surface area contributed by atoms with E-state index in [9.17, 15) is 23.4 Å². The molecule has 4 rings (SSSR count). The number of rotatable bonds is 5. The smallest absolute Gasteiger partial charge is 0.390 e. The van der Waals surface area contributed by atoms with Crippen LogP contribution in [0.1, 0.15) is 105 Å². The van der Waals surface area contributed by atoms with Gasteiger partial charge in [-0.3, -0.25) is 0 Å². The van der Waals surface area contributed by atoms with Gasteiger partial charge in [0.1, 0.15) is 0 Å². The zero-order valence-electron chi connectivity index (χ0n) is 20.6. The van der Waals surface area contributed by atoms with Crippen LogP contribution in [-0.4, -0.2) is 27.6 Å². The van der Waals surface area contributed by atoms with Crippen LogP contribution in [0.25, 0.3) is 0 Å². The molecule has 0 amide bonds. The van der Waals surface area contributed by atoms with Gasteiger partial charge in [-0.15, -0.1) is 0 Å². The Kier molecular flexibility index (Phi) is 6.54. The lowest BCUT2D eigenvalue weighted by atomic mass is 9.48. The van der Waals surface area contributed by atoms with Crippen LogP contribution in [0.5, 0.6) is 0 Å². The van der Waals surface area contributed by atoms with E-state index in [-0.39, 0.29) is 18.8 Å². The highest BCUT2D eigenvalue weighted by molar-refractivity contribution is 5.08. The van der Waals surface area contributed by atoms with Gasteiger partial charge < -0.3 is 10.2 Å². The number of hydrogen-bond donors (Lipinski definition) is 2. The summed E-state index contributed by atoms with van der Waals surface area (Å²) in [6.07, 6.45) is 5.82. The van der Waals surface area contributed by atoms with Gasteiger partial charge >= 0.3 is 6.18 Å². The van der Waals surface area contributed by atoms with Gasteiger partial charge in [0.2, 0.25) is 0 Å². The SMILES string of the molecule is C[C@H](CCCC(C)(C)O)[C@H]1CC[C@H]2[C@@H]3CC[C@H]4C[C@](O)(C(F)(F)F)CC[C@@H]4[C@H]3CC[C@]12C. The number of hydrogen-bond acceptors (Lipinski definition) is 2. The quantitative estimate of drug-likeness (QED) is 0.460. The van der Waals surface area contributed by atoms with E-state index >= 15 is 0 Å². The normalized spacial score (nSPS) is 45.7. The molecular formula is C27H45F3O2. The minimum absolute atomic E-state index is 0.0407. The Bertz CT molecular complexity index is 671. The third-order valence-corrected chi connectivity index (χ3v) is 10.7. The van der Waals surface area contributed by atoms with Crippen molar-refractivity contribution in [3.8, 4) is 0 Å². The summed E-state index contributed by atoms with van der Waals surface area (Å²) in [5.41, 5.74) is -2.68. The zero-order chi connectivity index (χ0) is 23.5. The first-order valence-electron chi connectivity index (χ1n) is 13.3. The first-order chi connectivity index (χ1) is 14.8. The maximum Gasteiger partial charge on any atom is 0.417 e. The molecule has 5 heteroatoms. The maximum absolute atomic E-state index is 13.5. The third-order valence-electron chi connectivity index (χ3n) is 10.7. The van der Waals surface area contributed by atoms with Crippen molar-refractivity contribution in [3.63, 3.8) is 0 Å². The first-order valence-corrected chi connectivity index (χ1v) is 13.3. The molecule has 0 heterocycles. The molecule has 0 unspecified atom stereocenters. The van der Waals surface area contributed by atoms with Gasteiger partial charge in [0.25, 0.3) is 0 Å². The highest BCUT2D eigenvalue weighted by atomic mass is 19.4. The fraction of sp³-hybridized carbons (Fsp3) is 1.00. The summed E-state index contributed by atoms with van der Waals surface area (Å²) in [6.45, 7) is 8.71. The van der Waals surface area contributed by atoms with Crippen LogP contribution < -0.4 is 0 Å². The number of alkyl halides is 3. The molecule has 4 aliphatic carbocycles. The summed E-state index contributed by atoms with van der Waals surface area (Å²) in [5.74, 6) is 3.76. The Morgan fingerprint density at radius 1 is 0.938 bits per heavy atom. The predicted octanol–water partition coefficient (Wildman–Crippen LogP) is 7.13. The van der Waals surface area contributed by atoms with Gasteiger partial charge in [-0.25, -0.2) is 0 Å². The summed E-state index contributed by atoms with van der Waals surface area (Å²) < 4.78 is 40.4. The molecule has 0 saturated heterocycles. The summed E-state index contributed by atoms with van der Waals surface area (Å²) >= 11 is 0. The molecule has 32 heavy (non-hydrogen) atoms. The van der Waals surface area contributed by atoms with Gasteiger partial charge in [0.15, 0.2) is 5.60 Å². The Morgan fingerprint density at radius 2 is 1.62 bits per heavy atom. The van der Waals surface area contributed by atoms with Crippen molar-refractivity contribution in [2.45, 2.75) is 122 Å². The number of fused-ring (bicyclic) bond motifs is 5. The summed E-state index contributed by atoms with van der Waals surface area (Å²) in [7, 11) is 0. The molecule has 2 N–H and O–H groups in total. The van der Waals surface area contributed by atoms with Gasteiger partial charge in [0, 0.05) is 0 Å². The number of halogens is 3. The second-order valence-electron chi connectivity index (χ2n) is 13.1. The van der Waals surface area contributed by atoms with E-state index in [4.69, 9.17) is 0 Å². The van der Waals surface area contributed by atoms with E-state index in [2.05, 4.69) is 13.8 Å². The van der Waals surface area contributed by atoms with Crippen molar-refractivity contribution >= 4 is 0 Å². The van der Waals surface area contributed by atoms with E-state index in [1.807, 2.05) is 13.8 Å². The van der Waals surface area contributed by atoms with Crippen molar-refractivity contribution in [1.29, 1.82) is 0 Å². The summed E-state index contributed by atoms with van der Waals surface area (Å²) in [6, 6.07) is 0. The van der Waals surface area contributed by atoms with Crippen molar-refractivity contribution in [2.24, 2.45) is 46.8 Å². The predicted molar refractivity (Wildman–Crippen MR) is 121 cm³/mol. The second-order valence-corrected chi connectivity index (χ2v) is 13.1. The molecule has 0 aromatic rings. The molecule has 4 aliphatic rings. The molecule has 4 saturated carbocycles. The molecule has 9 atom stereocenters. The highest BCUT2D eigenvalue weighted by Gasteiger charge is 2.62. The Balaban J connectivity index is 1.41. The fourth-order valence-corrected chi connectivity index (χ4v) is 9.17. The standard InChI is InChI=1S/C27H45F3O2/c1-17(6-5-13-24(2,3)31)22-9-10-23-21-8-7-18-16-26(32,27(28,29)30)15-12-19(18)20(21)11-14-25(22,23)4/h17-23,31-32H,5-16H2,1-4H3/t17-,18+,19+,20-,21-,22-,23+,25-,26+/m1/s1. The van der Waals surface area contributed by atoms with Crippen LogP contribution in [0, 0.1) is 46.8 Å². The van der Waals surface area contributed by atoms with Crippen LogP contribution >= 0.6 is 0 Å². The molecular weight excluding hydrogens is 413 g/mol. The van der Waals surface area contributed by atoms with Crippen LogP contribution in [-0.2, 0) is 0 Å². The molecule has 0 aromatic heterocycles. The topological polar surface area (TPSA) is 40.5 Å². The lowest BCUT2D eigenvalue weighted by Gasteiger charge is -2.57. The van der Waals surface area contributed by atoms with Crippen LogP contribution in [0.3, 0.4) is 0 Å². The van der Waals surface area contributed by atoms with Crippen LogP contribution in [0.4, 0.5) is 13.2 Å². The monoisotopic (exact) mass is 458 g/mol. The largest absolute Gasteiger partial charge is 0.417 e. The van der Waals surface area contributed by atoms with Gasteiger partial charge in [0.05, 0.1) is 5.60 Å². The van der Waals surface area contributed by atoms with Gasteiger partial charge in [-0.2, -0.15) is 13.2 Å². The van der Waals surface area contributed by atoms with Gasteiger partial charge in [-0.1, -0.05) is 26.7 Å². The average Bonchev–Trinajstić information content (AvgIpc) is 3.03. The van der Waals surface area contributed by atoms with Gasteiger partial charge in [-0.05, 0) is 125 Å². The Hall–Kier alpha value is -0.290. The van der Waals surface area contributed by atoms with Crippen molar-refractivity contribution in [1.82, 2.24) is 0 Å². The molecule has 0 bridgehead atoms. The lowest BCUT2D eigenvalue weighted by molar-refractivity contribution is -0.282. The Labute approximate surface area is 192 Å². The van der Waals surface area contributed by atoms with E-state index in [1.54, 1.807) is 0 Å². The van der Waals surface area contributed by atoms with Crippen molar-refractivity contribution < 1.29 is 23.4 Å². The molecule has 0 aliphatic heterocycles. The van der Waals surface area contributed by atoms with Crippen LogP contribution in [0.15, 0.2) is 0 Å². The van der Waals surface area contributed by atoms with Crippen molar-refractivity contribution in [3.05, 3.63) is 0 Å². The molecule has 0 aromatic carbocycles. The molecule has 0 spiro atoms. The molecule has 2 nitrogen and oxygen atoms in total. The van der Waals surface area contributed by atoms with Crippen molar-refractivity contribution in [2.75, 3.05) is 0 Å². The first kappa shape index (κ1) is 24.8. The van der Waals surface area contributed by atoms with E-state index in [0.717, 1.165) is 38.0 Å². The number of aliphatic hydroxyl groups is 2. The molecule has 4 fully saturated rings. The molecule has 0 radical (unpaired) electrons. The second kappa shape index (κ2) is 8.43. The highest BCUT2D eigenvalue weighted by Crippen LogP contribution is 2.66. The lowest BCUT2D eigenvalue weighted by Crippen LogP contribution is -2.55. The average molecular weight is 459 g/mol.